The fourth-order valence-corrected chi connectivity index (χ4v) is 3.83. The molecule has 1 atom stereocenters. The molecule has 0 bridgehead atoms. The fourth-order valence-electron chi connectivity index (χ4n) is 3.83. The molecule has 0 spiro atoms. The molecule has 3 aromatic rings. The highest BCUT2D eigenvalue weighted by molar-refractivity contribution is 5.91. The van der Waals surface area contributed by atoms with E-state index in [0.717, 1.165) is 41.5 Å². The summed E-state index contributed by atoms with van der Waals surface area (Å²) in [5.41, 5.74) is 1.35. The number of fused-ring (bicyclic) bond motifs is 1. The van der Waals surface area contributed by atoms with Crippen molar-refractivity contribution in [3.63, 3.8) is 0 Å². The highest BCUT2D eigenvalue weighted by atomic mass is 16.5. The van der Waals surface area contributed by atoms with Gasteiger partial charge in [-0.3, -0.25) is 4.79 Å². The first-order valence-electron chi connectivity index (χ1n) is 11.3. The Morgan fingerprint density at radius 1 is 1.00 bits per heavy atom. The van der Waals surface area contributed by atoms with Gasteiger partial charge in [-0.2, -0.15) is 0 Å². The lowest BCUT2D eigenvalue weighted by Crippen LogP contribution is -2.30. The second-order valence-corrected chi connectivity index (χ2v) is 8.34. The first-order valence-corrected chi connectivity index (χ1v) is 11.3. The molecule has 3 aromatic carbocycles. The van der Waals surface area contributed by atoms with Gasteiger partial charge in [0.25, 0.3) is 5.91 Å². The Hall–Kier alpha value is -3.58. The molecule has 1 saturated heterocycles. The highest BCUT2D eigenvalue weighted by Gasteiger charge is 2.17. The second-order valence-electron chi connectivity index (χ2n) is 8.34. The van der Waals surface area contributed by atoms with Crippen molar-refractivity contribution < 1.29 is 28.5 Å². The van der Waals surface area contributed by atoms with Crippen molar-refractivity contribution in [2.24, 2.45) is 0 Å². The smallest absolute Gasteiger partial charge is 0.338 e. The van der Waals surface area contributed by atoms with Gasteiger partial charge >= 0.3 is 5.97 Å². The van der Waals surface area contributed by atoms with E-state index in [9.17, 15) is 9.59 Å². The summed E-state index contributed by atoms with van der Waals surface area (Å²) in [5.74, 6) is 0.638. The predicted octanol–water partition coefficient (Wildman–Crippen LogP) is 4.22. The van der Waals surface area contributed by atoms with Gasteiger partial charge in [0, 0.05) is 20.2 Å². The van der Waals surface area contributed by atoms with Crippen molar-refractivity contribution in [1.82, 2.24) is 4.90 Å². The third-order valence-electron chi connectivity index (χ3n) is 5.83. The van der Waals surface area contributed by atoms with E-state index < -0.39 is 5.97 Å². The molecule has 1 fully saturated rings. The summed E-state index contributed by atoms with van der Waals surface area (Å²) in [6.07, 6.45) is 2.19. The van der Waals surface area contributed by atoms with Crippen molar-refractivity contribution in [3.8, 4) is 11.5 Å². The Morgan fingerprint density at radius 2 is 1.74 bits per heavy atom. The van der Waals surface area contributed by atoms with Crippen LogP contribution in [-0.4, -0.2) is 56.9 Å². The molecule has 1 amide bonds. The fraction of sp³-hybridized carbons (Fsp3) is 0.333. The summed E-state index contributed by atoms with van der Waals surface area (Å²) in [6, 6.07) is 18.6. The van der Waals surface area contributed by atoms with Crippen molar-refractivity contribution in [2.45, 2.75) is 25.5 Å². The lowest BCUT2D eigenvalue weighted by molar-refractivity contribution is -0.133. The molecular weight excluding hydrogens is 434 g/mol. The zero-order valence-electron chi connectivity index (χ0n) is 19.5. The van der Waals surface area contributed by atoms with E-state index in [4.69, 9.17) is 18.9 Å². The van der Waals surface area contributed by atoms with E-state index >= 15 is 0 Å². The molecule has 1 unspecified atom stereocenters. The summed E-state index contributed by atoms with van der Waals surface area (Å²) in [6.45, 7) is 1.37. The van der Waals surface area contributed by atoms with Crippen molar-refractivity contribution >= 4 is 22.6 Å². The standard InChI is InChI=1S/C27H29NO6/c1-28(16-19-5-6-22-15-24(31-2)12-9-21(22)14-19)26(29)18-34-27(30)20-7-10-23(11-8-20)33-17-25-4-3-13-32-25/h5-12,14-15,25H,3-4,13,16-18H2,1-2H3. The van der Waals surface area contributed by atoms with Crippen LogP contribution in [0.4, 0.5) is 0 Å². The lowest BCUT2D eigenvalue weighted by atomic mass is 10.1. The topological polar surface area (TPSA) is 74.3 Å². The minimum atomic E-state index is -0.549. The van der Waals surface area contributed by atoms with E-state index in [-0.39, 0.29) is 18.6 Å². The summed E-state index contributed by atoms with van der Waals surface area (Å²) in [7, 11) is 3.33. The second kappa shape index (κ2) is 11.0. The first-order chi connectivity index (χ1) is 16.5. The van der Waals surface area contributed by atoms with E-state index in [2.05, 4.69) is 0 Å². The number of likely N-dealkylation sites (N-methyl/N-ethyl adjacent to an activating group) is 1. The minimum absolute atomic E-state index is 0.130. The number of benzene rings is 3. The molecule has 1 heterocycles. The van der Waals surface area contributed by atoms with E-state index in [0.29, 0.717) is 24.5 Å². The van der Waals surface area contributed by atoms with Crippen molar-refractivity contribution in [2.75, 3.05) is 34.0 Å². The van der Waals surface area contributed by atoms with Gasteiger partial charge in [-0.1, -0.05) is 18.2 Å². The third-order valence-corrected chi connectivity index (χ3v) is 5.83. The highest BCUT2D eigenvalue weighted by Crippen LogP contribution is 2.22. The van der Waals surface area contributed by atoms with Crippen LogP contribution in [-0.2, 0) is 20.8 Å². The summed E-state index contributed by atoms with van der Waals surface area (Å²) in [5, 5.41) is 2.13. The predicted molar refractivity (Wildman–Crippen MR) is 128 cm³/mol. The number of rotatable bonds is 9. The third kappa shape index (κ3) is 6.05. The van der Waals surface area contributed by atoms with Crippen LogP contribution in [0.5, 0.6) is 11.5 Å². The number of nitrogens with zero attached hydrogens (tertiary/aromatic N) is 1. The maximum atomic E-state index is 12.5. The van der Waals surface area contributed by atoms with Crippen LogP contribution in [0.2, 0.25) is 0 Å². The van der Waals surface area contributed by atoms with Crippen LogP contribution in [0.25, 0.3) is 10.8 Å². The number of methoxy groups -OCH3 is 1. The summed E-state index contributed by atoms with van der Waals surface area (Å²) >= 11 is 0. The molecule has 0 aromatic heterocycles. The zero-order chi connectivity index (χ0) is 23.9. The monoisotopic (exact) mass is 463 g/mol. The lowest BCUT2D eigenvalue weighted by Gasteiger charge is -2.18. The van der Waals surface area contributed by atoms with Crippen LogP contribution >= 0.6 is 0 Å². The molecule has 0 aliphatic carbocycles. The molecule has 0 radical (unpaired) electrons. The van der Waals surface area contributed by atoms with Gasteiger partial charge in [0.2, 0.25) is 0 Å². The Bertz CT molecular complexity index is 1140. The normalized spacial score (nSPS) is 15.2. The van der Waals surface area contributed by atoms with Crippen LogP contribution < -0.4 is 9.47 Å². The number of ether oxygens (including phenoxy) is 4. The maximum absolute atomic E-state index is 12.5. The van der Waals surface area contributed by atoms with Gasteiger partial charge in [0.1, 0.15) is 18.1 Å². The van der Waals surface area contributed by atoms with Gasteiger partial charge in [-0.15, -0.1) is 0 Å². The Labute approximate surface area is 199 Å². The molecule has 1 aliphatic heterocycles. The number of carbonyl (C=O) groups is 2. The quantitative estimate of drug-likeness (QED) is 0.443. The number of hydrogen-bond donors (Lipinski definition) is 0. The minimum Gasteiger partial charge on any atom is -0.497 e. The van der Waals surface area contributed by atoms with Crippen molar-refractivity contribution in [3.05, 3.63) is 71.8 Å². The zero-order valence-corrected chi connectivity index (χ0v) is 19.5. The summed E-state index contributed by atoms with van der Waals surface area (Å²) in [4.78, 5) is 26.4. The van der Waals surface area contributed by atoms with E-state index in [1.807, 2.05) is 36.4 Å². The largest absolute Gasteiger partial charge is 0.497 e. The summed E-state index contributed by atoms with van der Waals surface area (Å²) < 4.78 is 21.7. The Balaban J connectivity index is 1.25. The van der Waals surface area contributed by atoms with Crippen LogP contribution in [0.1, 0.15) is 28.8 Å². The molecule has 7 nitrogen and oxygen atoms in total. The van der Waals surface area contributed by atoms with Crippen molar-refractivity contribution in [1.29, 1.82) is 0 Å². The molecule has 1 aliphatic rings. The van der Waals surface area contributed by atoms with Gasteiger partial charge in [0.05, 0.1) is 18.8 Å². The van der Waals surface area contributed by atoms with Crippen LogP contribution in [0.3, 0.4) is 0 Å². The molecular formula is C27H29NO6. The van der Waals surface area contributed by atoms with Gasteiger partial charge in [-0.25, -0.2) is 4.79 Å². The van der Waals surface area contributed by atoms with Gasteiger partial charge in [-0.05, 0) is 71.6 Å². The maximum Gasteiger partial charge on any atom is 0.338 e. The molecule has 4 rings (SSSR count). The van der Waals surface area contributed by atoms with Gasteiger partial charge in [0.15, 0.2) is 6.61 Å². The Kier molecular flexibility index (Phi) is 7.65. The van der Waals surface area contributed by atoms with E-state index in [1.54, 1.807) is 43.3 Å². The molecule has 0 saturated carbocycles. The molecule has 7 heteroatoms. The van der Waals surface area contributed by atoms with Crippen LogP contribution in [0.15, 0.2) is 60.7 Å². The molecule has 34 heavy (non-hydrogen) atoms. The molecule has 0 N–H and O–H groups in total. The van der Waals surface area contributed by atoms with Crippen LogP contribution in [0, 0.1) is 0 Å². The number of amides is 1. The molecule has 178 valence electrons. The average Bonchev–Trinajstić information content (AvgIpc) is 3.39. The van der Waals surface area contributed by atoms with Gasteiger partial charge < -0.3 is 23.8 Å². The number of hydrogen-bond acceptors (Lipinski definition) is 6. The van der Waals surface area contributed by atoms with E-state index in [1.165, 1.54) is 0 Å². The average molecular weight is 464 g/mol. The number of carbonyl (C=O) groups excluding carboxylic acids is 2. The first kappa shape index (κ1) is 23.6. The SMILES string of the molecule is COc1ccc2cc(CN(C)C(=O)COC(=O)c3ccc(OCC4CCCO4)cc3)ccc2c1. The number of esters is 1. The Morgan fingerprint density at radius 3 is 2.47 bits per heavy atom.